The van der Waals surface area contributed by atoms with Gasteiger partial charge < -0.3 is 10.6 Å². The Labute approximate surface area is 99.6 Å². The van der Waals surface area contributed by atoms with E-state index in [1.807, 2.05) is 0 Å². The number of likely N-dealkylation sites (tertiary alicyclic amines) is 1. The maximum absolute atomic E-state index is 12.9. The van der Waals surface area contributed by atoms with Crippen molar-refractivity contribution in [1.29, 1.82) is 0 Å². The molecule has 1 aliphatic rings. The van der Waals surface area contributed by atoms with Gasteiger partial charge in [0.1, 0.15) is 0 Å². The lowest BCUT2D eigenvalue weighted by Crippen LogP contribution is -2.40. The second kappa shape index (κ2) is 5.23. The summed E-state index contributed by atoms with van der Waals surface area (Å²) >= 11 is 0. The highest BCUT2D eigenvalue weighted by molar-refractivity contribution is 5.94. The molecule has 0 aromatic carbocycles. The Hall–Kier alpha value is -1.49. The second-order valence-corrected chi connectivity index (χ2v) is 4.34. The van der Waals surface area contributed by atoms with E-state index in [0.29, 0.717) is 31.1 Å². The Bertz CT molecular complexity index is 402. The molecule has 1 saturated heterocycles. The Kier molecular flexibility index (Phi) is 3.68. The third kappa shape index (κ3) is 2.79. The highest BCUT2D eigenvalue weighted by Crippen LogP contribution is 2.17. The second-order valence-electron chi connectivity index (χ2n) is 4.34. The van der Waals surface area contributed by atoms with Gasteiger partial charge in [0, 0.05) is 30.9 Å². The molecular weight excluding hydrogens is 221 g/mol. The van der Waals surface area contributed by atoms with Crippen LogP contribution in [0.2, 0.25) is 0 Å². The van der Waals surface area contributed by atoms with E-state index in [2.05, 4.69) is 4.98 Å². The molecule has 2 rings (SSSR count). The van der Waals surface area contributed by atoms with E-state index >= 15 is 0 Å². The number of carbonyl (C=O) groups excluding carboxylic acids is 1. The highest BCUT2D eigenvalue weighted by atomic mass is 19.1. The van der Waals surface area contributed by atoms with Crippen molar-refractivity contribution in [2.24, 2.45) is 11.7 Å². The molecule has 0 saturated carbocycles. The fourth-order valence-corrected chi connectivity index (χ4v) is 2.09. The van der Waals surface area contributed by atoms with E-state index < -0.39 is 5.95 Å². The summed E-state index contributed by atoms with van der Waals surface area (Å²) in [6, 6.07) is 2.72. The van der Waals surface area contributed by atoms with Crippen molar-refractivity contribution in [3.05, 3.63) is 29.8 Å². The van der Waals surface area contributed by atoms with Crippen molar-refractivity contribution < 1.29 is 9.18 Å². The number of piperidine rings is 1. The summed E-state index contributed by atoms with van der Waals surface area (Å²) in [5, 5.41) is 0. The maximum atomic E-state index is 12.9. The van der Waals surface area contributed by atoms with Crippen molar-refractivity contribution in [2.75, 3.05) is 19.6 Å². The van der Waals surface area contributed by atoms with Crippen LogP contribution in [0.25, 0.3) is 0 Å². The van der Waals surface area contributed by atoms with Gasteiger partial charge in [-0.3, -0.25) is 4.79 Å². The van der Waals surface area contributed by atoms with E-state index in [1.54, 1.807) is 11.0 Å². The number of amides is 1. The summed E-state index contributed by atoms with van der Waals surface area (Å²) in [4.78, 5) is 17.2. The molecule has 1 aromatic rings. The van der Waals surface area contributed by atoms with Crippen LogP contribution in [-0.4, -0.2) is 35.4 Å². The molecule has 0 radical (unpaired) electrons. The Balaban J connectivity index is 2.02. The number of hydrogen-bond acceptors (Lipinski definition) is 3. The first-order valence-electron chi connectivity index (χ1n) is 5.81. The minimum atomic E-state index is -0.618. The van der Waals surface area contributed by atoms with Crippen LogP contribution in [0.15, 0.2) is 18.3 Å². The third-order valence-corrected chi connectivity index (χ3v) is 3.21. The molecule has 2 heterocycles. The first kappa shape index (κ1) is 12.0. The molecular formula is C12H16FN3O. The number of rotatable bonds is 2. The normalized spacial score (nSPS) is 17.2. The number of pyridine rings is 1. The van der Waals surface area contributed by atoms with E-state index in [-0.39, 0.29) is 5.91 Å². The van der Waals surface area contributed by atoms with Crippen molar-refractivity contribution in [1.82, 2.24) is 9.88 Å². The summed E-state index contributed by atoms with van der Waals surface area (Å²) in [6.07, 6.45) is 3.17. The number of carbonyl (C=O) groups is 1. The van der Waals surface area contributed by atoms with E-state index in [1.165, 1.54) is 12.3 Å². The van der Waals surface area contributed by atoms with E-state index in [0.717, 1.165) is 12.8 Å². The van der Waals surface area contributed by atoms with Crippen LogP contribution in [0.4, 0.5) is 4.39 Å². The van der Waals surface area contributed by atoms with Gasteiger partial charge in [-0.25, -0.2) is 4.98 Å². The van der Waals surface area contributed by atoms with Gasteiger partial charge in [0.25, 0.3) is 5.91 Å². The van der Waals surface area contributed by atoms with Crippen LogP contribution in [0.5, 0.6) is 0 Å². The molecule has 5 heteroatoms. The lowest BCUT2D eigenvalue weighted by Gasteiger charge is -2.31. The van der Waals surface area contributed by atoms with Crippen molar-refractivity contribution in [2.45, 2.75) is 12.8 Å². The first-order valence-corrected chi connectivity index (χ1v) is 5.81. The molecule has 1 fully saturated rings. The number of nitrogens with zero attached hydrogens (tertiary/aromatic N) is 2. The van der Waals surface area contributed by atoms with Crippen LogP contribution >= 0.6 is 0 Å². The van der Waals surface area contributed by atoms with Gasteiger partial charge in [0.2, 0.25) is 5.95 Å². The molecule has 17 heavy (non-hydrogen) atoms. The van der Waals surface area contributed by atoms with E-state index in [9.17, 15) is 9.18 Å². The molecule has 0 spiro atoms. The topological polar surface area (TPSA) is 59.2 Å². The predicted molar refractivity (Wildman–Crippen MR) is 61.9 cm³/mol. The lowest BCUT2D eigenvalue weighted by atomic mass is 9.97. The average Bonchev–Trinajstić information content (AvgIpc) is 2.38. The molecule has 0 aliphatic carbocycles. The molecule has 1 amide bonds. The average molecular weight is 237 g/mol. The van der Waals surface area contributed by atoms with Gasteiger partial charge in [-0.2, -0.15) is 4.39 Å². The Morgan fingerprint density at radius 3 is 2.82 bits per heavy atom. The largest absolute Gasteiger partial charge is 0.339 e. The van der Waals surface area contributed by atoms with Crippen molar-refractivity contribution >= 4 is 5.91 Å². The van der Waals surface area contributed by atoms with Gasteiger partial charge in [-0.1, -0.05) is 0 Å². The summed E-state index contributed by atoms with van der Waals surface area (Å²) in [5.74, 6) is -0.234. The fraction of sp³-hybridized carbons (Fsp3) is 0.500. The summed E-state index contributed by atoms with van der Waals surface area (Å²) in [5.41, 5.74) is 5.96. The zero-order valence-corrected chi connectivity index (χ0v) is 9.60. The van der Waals surface area contributed by atoms with Gasteiger partial charge in [0.15, 0.2) is 0 Å². The third-order valence-electron chi connectivity index (χ3n) is 3.21. The molecule has 0 bridgehead atoms. The minimum absolute atomic E-state index is 0.123. The zero-order valence-electron chi connectivity index (χ0n) is 9.60. The predicted octanol–water partition coefficient (Wildman–Crippen LogP) is 1.03. The molecule has 4 nitrogen and oxygen atoms in total. The van der Waals surface area contributed by atoms with Gasteiger partial charge in [0.05, 0.1) is 0 Å². The van der Waals surface area contributed by atoms with Gasteiger partial charge in [-0.05, 0) is 31.4 Å². The monoisotopic (exact) mass is 237 g/mol. The lowest BCUT2D eigenvalue weighted by molar-refractivity contribution is 0.0692. The minimum Gasteiger partial charge on any atom is -0.339 e. The Morgan fingerprint density at radius 1 is 1.53 bits per heavy atom. The molecule has 1 aliphatic heterocycles. The molecule has 2 N–H and O–H groups in total. The van der Waals surface area contributed by atoms with Crippen LogP contribution in [0.1, 0.15) is 23.2 Å². The molecule has 0 atom stereocenters. The first-order chi connectivity index (χ1) is 8.20. The van der Waals surface area contributed by atoms with E-state index in [4.69, 9.17) is 5.73 Å². The van der Waals surface area contributed by atoms with Crippen LogP contribution in [0.3, 0.4) is 0 Å². The summed E-state index contributed by atoms with van der Waals surface area (Å²) < 4.78 is 12.9. The number of halogens is 1. The van der Waals surface area contributed by atoms with Crippen LogP contribution < -0.4 is 5.73 Å². The number of aromatic nitrogens is 1. The summed E-state index contributed by atoms with van der Waals surface area (Å²) in [6.45, 7) is 2.07. The number of nitrogens with two attached hydrogens (primary N) is 1. The molecule has 0 unspecified atom stereocenters. The smallest absolute Gasteiger partial charge is 0.254 e. The number of hydrogen-bond donors (Lipinski definition) is 1. The Morgan fingerprint density at radius 2 is 2.24 bits per heavy atom. The standard InChI is InChI=1S/C12H16FN3O/c13-11-7-10(1-4-15-11)12(17)16-5-2-9(8-14)3-6-16/h1,4,7,9H,2-3,5-6,8,14H2. The quantitative estimate of drug-likeness (QED) is 0.782. The zero-order chi connectivity index (χ0) is 12.3. The van der Waals surface area contributed by atoms with Crippen molar-refractivity contribution in [3.63, 3.8) is 0 Å². The van der Waals surface area contributed by atoms with Crippen LogP contribution in [0, 0.1) is 11.9 Å². The van der Waals surface area contributed by atoms with Crippen LogP contribution in [-0.2, 0) is 0 Å². The maximum Gasteiger partial charge on any atom is 0.254 e. The molecule has 92 valence electrons. The molecule has 1 aromatic heterocycles. The SMILES string of the molecule is NCC1CCN(C(=O)c2ccnc(F)c2)CC1. The van der Waals surface area contributed by atoms with Crippen molar-refractivity contribution in [3.8, 4) is 0 Å². The summed E-state index contributed by atoms with van der Waals surface area (Å²) in [7, 11) is 0. The highest BCUT2D eigenvalue weighted by Gasteiger charge is 2.22. The van der Waals surface area contributed by atoms with Gasteiger partial charge >= 0.3 is 0 Å². The fourth-order valence-electron chi connectivity index (χ4n) is 2.09. The van der Waals surface area contributed by atoms with Gasteiger partial charge in [-0.15, -0.1) is 0 Å².